The molecule has 1 aromatic rings. The number of carbonyl (C=O) groups excluding carboxylic acids is 1. The van der Waals surface area contributed by atoms with Crippen LogP contribution in [0.15, 0.2) is 23.8 Å². The molecule has 0 saturated heterocycles. The van der Waals surface area contributed by atoms with Crippen LogP contribution in [0.3, 0.4) is 0 Å². The molecule has 0 spiro atoms. The molecule has 1 aliphatic rings. The molecule has 1 nitrogen and oxygen atoms in total. The minimum absolute atomic E-state index is 0.175. The van der Waals surface area contributed by atoms with Gasteiger partial charge in [-0.25, -0.2) is 0 Å². The smallest absolute Gasteiger partial charge is 0.198 e. The van der Waals surface area contributed by atoms with Crippen molar-refractivity contribution in [2.45, 2.75) is 32.1 Å². The molecular weight excluding hydrogens is 228 g/mol. The van der Waals surface area contributed by atoms with Crippen molar-refractivity contribution >= 4 is 28.7 Å². The first-order chi connectivity index (χ1) is 7.27. The van der Waals surface area contributed by atoms with Crippen LogP contribution < -0.4 is 0 Å². The van der Waals surface area contributed by atoms with Crippen molar-refractivity contribution in [2.24, 2.45) is 0 Å². The number of hydrogen-bond acceptors (Lipinski definition) is 2. The highest BCUT2D eigenvalue weighted by Gasteiger charge is 2.15. The highest BCUT2D eigenvalue weighted by molar-refractivity contribution is 7.18. The zero-order valence-corrected chi connectivity index (χ0v) is 10.0. The number of ketones is 1. The van der Waals surface area contributed by atoms with Crippen LogP contribution in [0.25, 0.3) is 0 Å². The first-order valence-corrected chi connectivity index (χ1v) is 6.46. The number of halogens is 1. The Kier molecular flexibility index (Phi) is 3.60. The second-order valence-corrected chi connectivity index (χ2v) is 5.48. The highest BCUT2D eigenvalue weighted by Crippen LogP contribution is 2.27. The molecular formula is C12H13ClOS. The fraction of sp³-hybridized carbons (Fsp3) is 0.417. The van der Waals surface area contributed by atoms with Crippen LogP contribution in [0.2, 0.25) is 4.34 Å². The van der Waals surface area contributed by atoms with E-state index in [1.54, 1.807) is 6.07 Å². The number of hydrogen-bond donors (Lipinski definition) is 0. The predicted molar refractivity (Wildman–Crippen MR) is 64.8 cm³/mol. The monoisotopic (exact) mass is 240 g/mol. The van der Waals surface area contributed by atoms with E-state index in [1.807, 2.05) is 6.07 Å². The molecule has 0 aromatic carbocycles. The molecule has 0 fully saturated rings. The van der Waals surface area contributed by atoms with Crippen molar-refractivity contribution in [2.75, 3.05) is 0 Å². The zero-order valence-electron chi connectivity index (χ0n) is 8.46. The topological polar surface area (TPSA) is 17.1 Å². The van der Waals surface area contributed by atoms with E-state index in [2.05, 4.69) is 6.08 Å². The Hall–Kier alpha value is -0.600. The van der Waals surface area contributed by atoms with E-state index in [9.17, 15) is 4.79 Å². The Morgan fingerprint density at radius 1 is 1.27 bits per heavy atom. The van der Waals surface area contributed by atoms with Crippen LogP contribution in [0.1, 0.15) is 41.8 Å². The van der Waals surface area contributed by atoms with Gasteiger partial charge in [-0.3, -0.25) is 4.79 Å². The lowest BCUT2D eigenvalue weighted by atomic mass is 10.1. The van der Waals surface area contributed by atoms with Crippen molar-refractivity contribution < 1.29 is 4.79 Å². The van der Waals surface area contributed by atoms with Crippen molar-refractivity contribution in [3.63, 3.8) is 0 Å². The summed E-state index contributed by atoms with van der Waals surface area (Å²) in [5.41, 5.74) is 0.978. The fourth-order valence-electron chi connectivity index (χ4n) is 1.82. The van der Waals surface area contributed by atoms with Crippen molar-refractivity contribution in [3.05, 3.63) is 33.0 Å². The number of rotatable bonds is 2. The van der Waals surface area contributed by atoms with E-state index in [1.165, 1.54) is 24.2 Å². The van der Waals surface area contributed by atoms with Gasteiger partial charge in [0.05, 0.1) is 9.21 Å². The highest BCUT2D eigenvalue weighted by atomic mass is 35.5. The number of Topliss-reactive ketones (excluding diaryl/α,β-unsaturated/α-hetero) is 1. The van der Waals surface area contributed by atoms with Gasteiger partial charge in [0, 0.05) is 0 Å². The van der Waals surface area contributed by atoms with E-state index in [-0.39, 0.29) is 5.78 Å². The van der Waals surface area contributed by atoms with Crippen LogP contribution >= 0.6 is 22.9 Å². The van der Waals surface area contributed by atoms with Gasteiger partial charge in [-0.1, -0.05) is 24.1 Å². The molecule has 1 aliphatic carbocycles. The molecule has 80 valence electrons. The quantitative estimate of drug-likeness (QED) is 0.697. The lowest BCUT2D eigenvalue weighted by Gasteiger charge is -2.01. The van der Waals surface area contributed by atoms with Gasteiger partial charge in [0.1, 0.15) is 0 Å². The van der Waals surface area contributed by atoms with Crippen LogP contribution in [0.5, 0.6) is 0 Å². The first kappa shape index (κ1) is 10.9. The van der Waals surface area contributed by atoms with Crippen LogP contribution in [0.4, 0.5) is 0 Å². The SMILES string of the molecule is O=C(C1=CCCCCC1)c1ccc(Cl)s1. The Morgan fingerprint density at radius 2 is 2.13 bits per heavy atom. The van der Waals surface area contributed by atoms with E-state index < -0.39 is 0 Å². The average molecular weight is 241 g/mol. The van der Waals surface area contributed by atoms with Gasteiger partial charge < -0.3 is 0 Å². The maximum Gasteiger partial charge on any atom is 0.198 e. The summed E-state index contributed by atoms with van der Waals surface area (Å²) in [6, 6.07) is 3.61. The van der Waals surface area contributed by atoms with Crippen LogP contribution in [-0.2, 0) is 0 Å². The van der Waals surface area contributed by atoms with Crippen molar-refractivity contribution in [1.82, 2.24) is 0 Å². The molecule has 0 aliphatic heterocycles. The molecule has 0 unspecified atom stereocenters. The summed E-state index contributed by atoms with van der Waals surface area (Å²) in [4.78, 5) is 12.8. The Morgan fingerprint density at radius 3 is 2.87 bits per heavy atom. The number of allylic oxidation sites excluding steroid dienone is 2. The average Bonchev–Trinajstić information content (AvgIpc) is 2.53. The number of thiophene rings is 1. The Balaban J connectivity index is 2.16. The van der Waals surface area contributed by atoms with E-state index >= 15 is 0 Å². The lowest BCUT2D eigenvalue weighted by Crippen LogP contribution is -2.00. The molecule has 1 heterocycles. The summed E-state index contributed by atoms with van der Waals surface area (Å²) >= 11 is 7.19. The third kappa shape index (κ3) is 2.70. The van der Waals surface area contributed by atoms with Gasteiger partial charge in [-0.05, 0) is 43.4 Å². The zero-order chi connectivity index (χ0) is 10.7. The predicted octanol–water partition coefficient (Wildman–Crippen LogP) is 4.47. The fourth-order valence-corrected chi connectivity index (χ4v) is 2.83. The number of carbonyl (C=O) groups is 1. The van der Waals surface area contributed by atoms with Gasteiger partial charge in [-0.15, -0.1) is 11.3 Å². The molecule has 0 radical (unpaired) electrons. The normalized spacial score (nSPS) is 17.0. The maximum absolute atomic E-state index is 12.0. The standard InChI is InChI=1S/C12H13ClOS/c13-11-8-7-10(15-11)12(14)9-5-3-1-2-4-6-9/h5,7-8H,1-4,6H2. The molecule has 2 rings (SSSR count). The second-order valence-electron chi connectivity index (χ2n) is 3.76. The molecule has 15 heavy (non-hydrogen) atoms. The second kappa shape index (κ2) is 4.95. The third-order valence-electron chi connectivity index (χ3n) is 2.63. The van der Waals surface area contributed by atoms with Gasteiger partial charge in [-0.2, -0.15) is 0 Å². The molecule has 0 bridgehead atoms. The largest absolute Gasteiger partial charge is 0.288 e. The van der Waals surface area contributed by atoms with Gasteiger partial charge >= 0.3 is 0 Å². The maximum atomic E-state index is 12.0. The first-order valence-electron chi connectivity index (χ1n) is 5.26. The van der Waals surface area contributed by atoms with Gasteiger partial charge in [0.15, 0.2) is 5.78 Å². The summed E-state index contributed by atoms with van der Waals surface area (Å²) in [5.74, 6) is 0.175. The minimum atomic E-state index is 0.175. The van der Waals surface area contributed by atoms with Crippen LogP contribution in [-0.4, -0.2) is 5.78 Å². The molecule has 3 heteroatoms. The van der Waals surface area contributed by atoms with E-state index in [0.717, 1.165) is 29.7 Å². The Labute approximate surface area is 98.8 Å². The van der Waals surface area contributed by atoms with Gasteiger partial charge in [0.25, 0.3) is 0 Å². The Bertz CT molecular complexity index is 392. The molecule has 0 atom stereocenters. The third-order valence-corrected chi connectivity index (χ3v) is 3.86. The molecule has 0 saturated carbocycles. The van der Waals surface area contributed by atoms with E-state index in [0.29, 0.717) is 4.34 Å². The van der Waals surface area contributed by atoms with Crippen LogP contribution in [0, 0.1) is 0 Å². The molecule has 0 N–H and O–H groups in total. The van der Waals surface area contributed by atoms with Crippen molar-refractivity contribution in [1.29, 1.82) is 0 Å². The van der Waals surface area contributed by atoms with Gasteiger partial charge in [0.2, 0.25) is 0 Å². The summed E-state index contributed by atoms with van der Waals surface area (Å²) in [6.07, 6.45) is 7.65. The molecule has 1 aromatic heterocycles. The minimum Gasteiger partial charge on any atom is -0.288 e. The summed E-state index contributed by atoms with van der Waals surface area (Å²) in [6.45, 7) is 0. The summed E-state index contributed by atoms with van der Waals surface area (Å²) in [7, 11) is 0. The summed E-state index contributed by atoms with van der Waals surface area (Å²) in [5, 5.41) is 0. The molecule has 0 amide bonds. The van der Waals surface area contributed by atoms with Crippen molar-refractivity contribution in [3.8, 4) is 0 Å². The van der Waals surface area contributed by atoms with E-state index in [4.69, 9.17) is 11.6 Å². The lowest BCUT2D eigenvalue weighted by molar-refractivity contribution is 0.103. The summed E-state index contributed by atoms with van der Waals surface area (Å²) < 4.78 is 0.688.